The first-order chi connectivity index (χ1) is 3.81. The highest BCUT2D eigenvalue weighted by molar-refractivity contribution is 4.23. The summed E-state index contributed by atoms with van der Waals surface area (Å²) in [6.45, 7) is 0. The largest absolute Gasteiger partial charge is 0.747 e. The molecule has 0 aromatic heterocycles. The summed E-state index contributed by atoms with van der Waals surface area (Å²) in [5.41, 5.74) is 3.32. The predicted octanol–water partition coefficient (Wildman–Crippen LogP) is -0.962. The molecule has 0 fully saturated rings. The average molecular weight is 121 g/mol. The maximum Gasteiger partial charge on any atom is 0.0668 e. The van der Waals surface area contributed by atoms with Gasteiger partial charge in [0.05, 0.1) is 12.4 Å². The summed E-state index contributed by atoms with van der Waals surface area (Å²) < 4.78 is 0. The molecule has 7 nitrogen and oxygen atoms in total. The second-order valence-corrected chi connectivity index (χ2v) is 0.755. The van der Waals surface area contributed by atoms with Crippen molar-refractivity contribution in [2.45, 2.75) is 0 Å². The zero-order chi connectivity index (χ0) is 6.41. The van der Waals surface area contributed by atoms with Gasteiger partial charge in [-0.05, 0) is 0 Å². The summed E-state index contributed by atoms with van der Waals surface area (Å²) in [7, 11) is 1.13. The fourth-order valence-corrected chi connectivity index (χ4v) is 0.107. The Bertz CT molecular complexity index is 66.3. The van der Waals surface area contributed by atoms with Crippen molar-refractivity contribution >= 4 is 0 Å². The number of rotatable bonds is 4. The van der Waals surface area contributed by atoms with Crippen molar-refractivity contribution in [2.75, 3.05) is 7.11 Å². The maximum absolute atomic E-state index is 9.89. The average Bonchev–Trinajstić information content (AvgIpc) is 1.83. The van der Waals surface area contributed by atoms with E-state index in [1.165, 1.54) is 0 Å². The summed E-state index contributed by atoms with van der Waals surface area (Å²) in [4.78, 5) is 13.1. The fourth-order valence-electron chi connectivity index (χ4n) is 0.107. The second-order valence-electron chi connectivity index (χ2n) is 0.755. The van der Waals surface area contributed by atoms with Crippen LogP contribution in [0.1, 0.15) is 0 Å². The molecular weight excluding hydrogens is 116 g/mol. The minimum Gasteiger partial charge on any atom is -0.747 e. The lowest BCUT2D eigenvalue weighted by Crippen LogP contribution is -2.39. The van der Waals surface area contributed by atoms with Crippen LogP contribution in [-0.4, -0.2) is 12.4 Å². The summed E-state index contributed by atoms with van der Waals surface area (Å²) in [5, 5.41) is 11.9. The first-order valence-electron chi connectivity index (χ1n) is 1.65. The third-order valence-electron chi connectivity index (χ3n) is 0.353. The molecule has 0 unspecified atom stereocenters. The molecule has 0 atom stereocenters. The van der Waals surface area contributed by atoms with E-state index in [-0.39, 0.29) is 5.34 Å². The van der Waals surface area contributed by atoms with Crippen molar-refractivity contribution in [1.29, 1.82) is 0 Å². The molecule has 0 aromatic carbocycles. The molecule has 0 rings (SSSR count). The Balaban J connectivity index is 2.97. The van der Waals surface area contributed by atoms with Crippen LogP contribution in [0.3, 0.4) is 0 Å². The van der Waals surface area contributed by atoms with Crippen LogP contribution >= 0.6 is 0 Å². The topological polar surface area (TPSA) is 89.0 Å². The van der Waals surface area contributed by atoms with E-state index >= 15 is 0 Å². The Hall–Kier alpha value is -0.760. The van der Waals surface area contributed by atoms with Crippen molar-refractivity contribution in [2.24, 2.45) is 5.29 Å². The molecule has 0 aliphatic heterocycles. The fraction of sp³-hybridized carbons (Fsp3) is 1.00. The maximum atomic E-state index is 9.89. The van der Waals surface area contributed by atoms with Crippen LogP contribution < -0.4 is 11.1 Å². The lowest BCUT2D eigenvalue weighted by atomic mass is 11.7. The third kappa shape index (κ3) is 3.43. The molecule has 0 radical (unpaired) electrons. The Labute approximate surface area is 45.0 Å². The molecule has 0 heterocycles. The number of hydrazine groups is 2. The molecule has 0 aromatic rings. The Morgan fingerprint density at radius 3 is 2.88 bits per heavy atom. The van der Waals surface area contributed by atoms with E-state index in [4.69, 9.17) is 0 Å². The van der Waals surface area contributed by atoms with Gasteiger partial charge in [0.1, 0.15) is 0 Å². The molecule has 2 N–H and O–H groups in total. The van der Waals surface area contributed by atoms with Crippen LogP contribution in [-0.2, 0) is 4.84 Å². The minimum atomic E-state index is -0.0681. The number of hydrogen-bond acceptors (Lipinski definition) is 6. The first-order valence-corrected chi connectivity index (χ1v) is 1.65. The lowest BCUT2D eigenvalue weighted by molar-refractivity contribution is -0.140. The molecule has 0 aliphatic carbocycles. The van der Waals surface area contributed by atoms with Gasteiger partial charge in [-0.2, -0.15) is 10.9 Å². The number of nitrogens with zero attached hydrogens (tertiary/aromatic N) is 2. The smallest absolute Gasteiger partial charge is 0.0668 e. The van der Waals surface area contributed by atoms with Crippen LogP contribution in [0.5, 0.6) is 0 Å². The number of nitroso groups, excluding NO2 is 1. The molecular formula is CH5N4O3-. The number of hydrogen-bond donors (Lipinski definition) is 2. The van der Waals surface area contributed by atoms with E-state index in [1.807, 2.05) is 0 Å². The summed E-state index contributed by atoms with van der Waals surface area (Å²) in [5.74, 6) is 0. The zero-order valence-corrected chi connectivity index (χ0v) is 4.12. The quantitative estimate of drug-likeness (QED) is 0.367. The van der Waals surface area contributed by atoms with Crippen molar-refractivity contribution in [3.8, 4) is 0 Å². The summed E-state index contributed by atoms with van der Waals surface area (Å²) in [6.07, 6.45) is 0. The Kier molecular flexibility index (Phi) is 3.98. The van der Waals surface area contributed by atoms with E-state index in [0.29, 0.717) is 0 Å². The normalized spacial score (nSPS) is 9.38. The highest BCUT2D eigenvalue weighted by Gasteiger charge is 1.78. The second kappa shape index (κ2) is 4.40. The molecule has 0 amide bonds. The monoisotopic (exact) mass is 121 g/mol. The third-order valence-corrected chi connectivity index (χ3v) is 0.353. The Morgan fingerprint density at radius 1 is 1.88 bits per heavy atom. The summed E-state index contributed by atoms with van der Waals surface area (Å²) >= 11 is 0. The van der Waals surface area contributed by atoms with Crippen LogP contribution in [0.2, 0.25) is 0 Å². The molecule has 0 saturated heterocycles. The van der Waals surface area contributed by atoms with Gasteiger partial charge in [-0.1, -0.05) is 0 Å². The van der Waals surface area contributed by atoms with Crippen LogP contribution in [0.15, 0.2) is 5.29 Å². The molecule has 0 saturated carbocycles. The van der Waals surface area contributed by atoms with Gasteiger partial charge in [0.25, 0.3) is 0 Å². The van der Waals surface area contributed by atoms with Crippen LogP contribution in [0, 0.1) is 10.1 Å². The van der Waals surface area contributed by atoms with Gasteiger partial charge in [-0.25, -0.2) is 0 Å². The van der Waals surface area contributed by atoms with Gasteiger partial charge < -0.3 is 5.21 Å². The van der Waals surface area contributed by atoms with Crippen molar-refractivity contribution in [3.63, 3.8) is 0 Å². The highest BCUT2D eigenvalue weighted by Crippen LogP contribution is 1.68. The van der Waals surface area contributed by atoms with E-state index in [2.05, 4.69) is 10.1 Å². The van der Waals surface area contributed by atoms with Crippen molar-refractivity contribution in [1.82, 2.24) is 16.4 Å². The van der Waals surface area contributed by atoms with Gasteiger partial charge in [0, 0.05) is 0 Å². The molecule has 0 bridgehead atoms. The van der Waals surface area contributed by atoms with Crippen molar-refractivity contribution < 1.29 is 4.84 Å². The van der Waals surface area contributed by atoms with Crippen LogP contribution in [0.4, 0.5) is 0 Å². The highest BCUT2D eigenvalue weighted by atomic mass is 16.9. The van der Waals surface area contributed by atoms with Crippen LogP contribution in [0.25, 0.3) is 0 Å². The van der Waals surface area contributed by atoms with Gasteiger partial charge in [-0.3, -0.25) is 4.84 Å². The molecule has 0 aliphatic rings. The lowest BCUT2D eigenvalue weighted by Gasteiger charge is -2.22. The standard InChI is InChI=1S/CH5N4O3/c1-8-5(7)3-2-4-6/h1H3,(H,2,6)(H,3,4)/q-1. The van der Waals surface area contributed by atoms with Crippen molar-refractivity contribution in [3.05, 3.63) is 10.1 Å². The molecule has 7 heteroatoms. The summed E-state index contributed by atoms with van der Waals surface area (Å²) in [6, 6.07) is 0. The predicted molar refractivity (Wildman–Crippen MR) is 24.3 cm³/mol. The first kappa shape index (κ1) is 7.24. The van der Waals surface area contributed by atoms with E-state index < -0.39 is 0 Å². The molecule has 48 valence electrons. The molecule has 8 heavy (non-hydrogen) atoms. The molecule has 0 spiro atoms. The van der Waals surface area contributed by atoms with Gasteiger partial charge in [0.2, 0.25) is 0 Å². The van der Waals surface area contributed by atoms with E-state index in [9.17, 15) is 10.1 Å². The SMILES string of the molecule is CON([O-])NNN=O. The van der Waals surface area contributed by atoms with E-state index in [1.54, 1.807) is 11.1 Å². The minimum absolute atomic E-state index is 0.0681. The Morgan fingerprint density at radius 2 is 2.50 bits per heavy atom. The zero-order valence-electron chi connectivity index (χ0n) is 4.12. The van der Waals surface area contributed by atoms with Gasteiger partial charge in [-0.15, -0.1) is 10.4 Å². The number of nitrogens with one attached hydrogen (secondary N) is 2. The van der Waals surface area contributed by atoms with Gasteiger partial charge >= 0.3 is 0 Å². The van der Waals surface area contributed by atoms with Gasteiger partial charge in [0.15, 0.2) is 0 Å². The van der Waals surface area contributed by atoms with E-state index in [0.717, 1.165) is 7.11 Å².